The average molecular weight is 245 g/mol. The van der Waals surface area contributed by atoms with Gasteiger partial charge >= 0.3 is 0 Å². The molecule has 0 aliphatic rings. The predicted molar refractivity (Wildman–Crippen MR) is 69.4 cm³/mol. The molecule has 0 saturated heterocycles. The van der Waals surface area contributed by atoms with Gasteiger partial charge in [0.25, 0.3) is 0 Å². The molecule has 15 heavy (non-hydrogen) atoms. The lowest BCUT2D eigenvalue weighted by Gasteiger charge is -2.07. The summed E-state index contributed by atoms with van der Waals surface area (Å²) in [6.45, 7) is 5.99. The molecule has 0 fully saturated rings. The molecular weight excluding hydrogens is 226 g/mol. The van der Waals surface area contributed by atoms with Gasteiger partial charge in [-0.2, -0.15) is 11.8 Å². The van der Waals surface area contributed by atoms with E-state index in [1.807, 2.05) is 11.8 Å². The van der Waals surface area contributed by atoms with Crippen LogP contribution >= 0.6 is 23.1 Å². The van der Waals surface area contributed by atoms with Crippen molar-refractivity contribution in [1.29, 1.82) is 0 Å². The number of hydrogen-bond acceptors (Lipinski definition) is 5. The van der Waals surface area contributed by atoms with Gasteiger partial charge in [0.05, 0.1) is 11.7 Å². The standard InChI is InChI=1S/C10H19N3S2/c1-3-12-8(2)10-13-9(7-15-10)6-14-5-4-11/h7-8,12H,3-6,11H2,1-2H3. The zero-order chi connectivity index (χ0) is 11.1. The van der Waals surface area contributed by atoms with E-state index in [9.17, 15) is 0 Å². The summed E-state index contributed by atoms with van der Waals surface area (Å²) in [5.41, 5.74) is 6.62. The third-order valence-corrected chi connectivity index (χ3v) is 4.06. The van der Waals surface area contributed by atoms with E-state index in [-0.39, 0.29) is 0 Å². The Morgan fingerprint density at radius 2 is 2.47 bits per heavy atom. The van der Waals surface area contributed by atoms with Crippen molar-refractivity contribution in [2.75, 3.05) is 18.8 Å². The second kappa shape index (κ2) is 7.22. The second-order valence-corrected chi connectivity index (χ2v) is 5.29. The number of hydrogen-bond donors (Lipinski definition) is 2. The summed E-state index contributed by atoms with van der Waals surface area (Å²) in [5, 5.41) is 6.69. The van der Waals surface area contributed by atoms with Crippen molar-refractivity contribution >= 4 is 23.1 Å². The largest absolute Gasteiger partial charge is 0.330 e. The van der Waals surface area contributed by atoms with Gasteiger partial charge in [-0.1, -0.05) is 6.92 Å². The van der Waals surface area contributed by atoms with Gasteiger partial charge in [0, 0.05) is 23.4 Å². The first-order chi connectivity index (χ1) is 7.27. The maximum absolute atomic E-state index is 5.44. The van der Waals surface area contributed by atoms with Crippen LogP contribution in [0.5, 0.6) is 0 Å². The summed E-state index contributed by atoms with van der Waals surface area (Å²) in [5.74, 6) is 1.99. The molecule has 0 amide bonds. The molecule has 1 unspecified atom stereocenters. The molecule has 0 radical (unpaired) electrons. The number of nitrogens with zero attached hydrogens (tertiary/aromatic N) is 1. The van der Waals surface area contributed by atoms with Crippen molar-refractivity contribution in [2.45, 2.75) is 25.6 Å². The number of rotatable bonds is 7. The molecule has 1 atom stereocenters. The molecule has 3 N–H and O–H groups in total. The van der Waals surface area contributed by atoms with Gasteiger partial charge in [-0.25, -0.2) is 4.98 Å². The molecular formula is C10H19N3S2. The lowest BCUT2D eigenvalue weighted by atomic mass is 10.3. The fourth-order valence-corrected chi connectivity index (χ4v) is 2.87. The zero-order valence-corrected chi connectivity index (χ0v) is 11.0. The van der Waals surface area contributed by atoms with E-state index in [4.69, 9.17) is 5.73 Å². The van der Waals surface area contributed by atoms with Gasteiger partial charge in [0.1, 0.15) is 5.01 Å². The van der Waals surface area contributed by atoms with E-state index in [0.717, 1.165) is 24.6 Å². The number of nitrogens with two attached hydrogens (primary N) is 1. The average Bonchev–Trinajstić information content (AvgIpc) is 2.67. The van der Waals surface area contributed by atoms with Gasteiger partial charge in [-0.15, -0.1) is 11.3 Å². The third kappa shape index (κ3) is 4.51. The lowest BCUT2D eigenvalue weighted by molar-refractivity contribution is 0.594. The van der Waals surface area contributed by atoms with Gasteiger partial charge < -0.3 is 11.1 Å². The van der Waals surface area contributed by atoms with E-state index in [1.54, 1.807) is 11.3 Å². The first-order valence-electron chi connectivity index (χ1n) is 5.23. The molecule has 1 aromatic rings. The van der Waals surface area contributed by atoms with Crippen LogP contribution in [0.2, 0.25) is 0 Å². The van der Waals surface area contributed by atoms with Gasteiger partial charge in [-0.3, -0.25) is 0 Å². The van der Waals surface area contributed by atoms with Crippen molar-refractivity contribution in [2.24, 2.45) is 5.73 Å². The minimum absolute atomic E-state index is 0.369. The van der Waals surface area contributed by atoms with Crippen molar-refractivity contribution in [3.8, 4) is 0 Å². The molecule has 1 aromatic heterocycles. The SMILES string of the molecule is CCNC(C)c1nc(CSCCN)cs1. The Morgan fingerprint density at radius 1 is 1.67 bits per heavy atom. The third-order valence-electron chi connectivity index (χ3n) is 1.96. The van der Waals surface area contributed by atoms with Crippen LogP contribution in [0.15, 0.2) is 5.38 Å². The lowest BCUT2D eigenvalue weighted by Crippen LogP contribution is -2.17. The molecule has 0 spiro atoms. The fraction of sp³-hybridized carbons (Fsp3) is 0.700. The predicted octanol–water partition coefficient (Wildman–Crippen LogP) is 2.01. The monoisotopic (exact) mass is 245 g/mol. The Hall–Kier alpha value is -0.100. The van der Waals surface area contributed by atoms with E-state index in [2.05, 4.69) is 29.5 Å². The van der Waals surface area contributed by atoms with Crippen LogP contribution in [0.1, 0.15) is 30.6 Å². The Balaban J connectivity index is 2.41. The van der Waals surface area contributed by atoms with Crippen molar-refractivity contribution in [3.63, 3.8) is 0 Å². The molecule has 0 aromatic carbocycles. The molecule has 0 saturated carbocycles. The minimum atomic E-state index is 0.369. The molecule has 5 heteroatoms. The Kier molecular flexibility index (Phi) is 6.24. The first-order valence-corrected chi connectivity index (χ1v) is 7.26. The van der Waals surface area contributed by atoms with Gasteiger partial charge in [0.2, 0.25) is 0 Å². The first kappa shape index (κ1) is 13.0. The summed E-state index contributed by atoms with van der Waals surface area (Å²) in [4.78, 5) is 4.59. The number of thioether (sulfide) groups is 1. The normalized spacial score (nSPS) is 13.0. The Bertz CT molecular complexity index is 275. The summed E-state index contributed by atoms with van der Waals surface area (Å²) in [7, 11) is 0. The quantitative estimate of drug-likeness (QED) is 0.722. The minimum Gasteiger partial charge on any atom is -0.330 e. The van der Waals surface area contributed by atoms with Crippen molar-refractivity contribution in [3.05, 3.63) is 16.1 Å². The van der Waals surface area contributed by atoms with Crippen LogP contribution in [-0.4, -0.2) is 23.8 Å². The molecule has 3 nitrogen and oxygen atoms in total. The van der Waals surface area contributed by atoms with E-state index in [0.29, 0.717) is 6.04 Å². The summed E-state index contributed by atoms with van der Waals surface area (Å²) < 4.78 is 0. The van der Waals surface area contributed by atoms with Gasteiger partial charge in [-0.05, 0) is 13.5 Å². The van der Waals surface area contributed by atoms with Crippen molar-refractivity contribution in [1.82, 2.24) is 10.3 Å². The molecule has 0 aliphatic carbocycles. The molecule has 0 aliphatic heterocycles. The molecule has 86 valence electrons. The topological polar surface area (TPSA) is 50.9 Å². The van der Waals surface area contributed by atoms with Crippen LogP contribution < -0.4 is 11.1 Å². The maximum Gasteiger partial charge on any atom is 0.110 e. The highest BCUT2D eigenvalue weighted by Gasteiger charge is 2.08. The van der Waals surface area contributed by atoms with E-state index >= 15 is 0 Å². The maximum atomic E-state index is 5.44. The van der Waals surface area contributed by atoms with Crippen LogP contribution in [0, 0.1) is 0 Å². The van der Waals surface area contributed by atoms with Crippen LogP contribution in [-0.2, 0) is 5.75 Å². The van der Waals surface area contributed by atoms with Crippen LogP contribution in [0.25, 0.3) is 0 Å². The summed E-state index contributed by atoms with van der Waals surface area (Å²) >= 11 is 3.58. The summed E-state index contributed by atoms with van der Waals surface area (Å²) in [6.07, 6.45) is 0. The number of aromatic nitrogens is 1. The Labute approximate surface area is 99.9 Å². The highest BCUT2D eigenvalue weighted by atomic mass is 32.2. The summed E-state index contributed by atoms with van der Waals surface area (Å²) in [6, 6.07) is 0.369. The number of nitrogens with one attached hydrogen (secondary N) is 1. The van der Waals surface area contributed by atoms with Crippen molar-refractivity contribution < 1.29 is 0 Å². The smallest absolute Gasteiger partial charge is 0.110 e. The Morgan fingerprint density at radius 3 is 3.13 bits per heavy atom. The number of thiazole rings is 1. The fourth-order valence-electron chi connectivity index (χ4n) is 1.24. The zero-order valence-electron chi connectivity index (χ0n) is 9.32. The highest BCUT2D eigenvalue weighted by Crippen LogP contribution is 2.20. The molecule has 0 bridgehead atoms. The highest BCUT2D eigenvalue weighted by molar-refractivity contribution is 7.98. The van der Waals surface area contributed by atoms with E-state index < -0.39 is 0 Å². The molecule has 1 heterocycles. The second-order valence-electron chi connectivity index (χ2n) is 3.30. The van der Waals surface area contributed by atoms with Gasteiger partial charge in [0.15, 0.2) is 0 Å². The van der Waals surface area contributed by atoms with Crippen LogP contribution in [0.3, 0.4) is 0 Å². The van der Waals surface area contributed by atoms with E-state index in [1.165, 1.54) is 10.7 Å². The van der Waals surface area contributed by atoms with Crippen LogP contribution in [0.4, 0.5) is 0 Å². The molecule has 1 rings (SSSR count).